The highest BCUT2D eigenvalue weighted by Crippen LogP contribution is 2.20. The number of carbonyl (C=O) groups excluding carboxylic acids is 1. The smallest absolute Gasteiger partial charge is 0.260 e. The number of nitrogens with zero attached hydrogens (tertiary/aromatic N) is 4. The zero-order valence-electron chi connectivity index (χ0n) is 14.5. The van der Waals surface area contributed by atoms with E-state index in [1.165, 1.54) is 16.8 Å². The molecule has 2 aromatic heterocycles. The van der Waals surface area contributed by atoms with Gasteiger partial charge in [0.15, 0.2) is 10.6 Å². The maximum atomic E-state index is 12.7. The van der Waals surface area contributed by atoms with E-state index in [-0.39, 0.29) is 23.9 Å². The summed E-state index contributed by atoms with van der Waals surface area (Å²) in [5, 5.41) is 4.89. The third-order valence-electron chi connectivity index (χ3n) is 4.67. The van der Waals surface area contributed by atoms with Crippen LogP contribution in [0.15, 0.2) is 46.3 Å². The van der Waals surface area contributed by atoms with E-state index in [4.69, 9.17) is 4.52 Å². The van der Waals surface area contributed by atoms with Crippen LogP contribution in [-0.4, -0.2) is 64.8 Å². The van der Waals surface area contributed by atoms with Crippen LogP contribution in [0.1, 0.15) is 12.1 Å². The van der Waals surface area contributed by atoms with Crippen molar-refractivity contribution in [2.24, 2.45) is 0 Å². The van der Waals surface area contributed by atoms with Gasteiger partial charge in [-0.3, -0.25) is 4.79 Å². The number of rotatable bonds is 4. The molecule has 10 heteroatoms. The third kappa shape index (κ3) is 3.45. The lowest BCUT2D eigenvalue weighted by Gasteiger charge is -2.21. The molecule has 1 aliphatic rings. The summed E-state index contributed by atoms with van der Waals surface area (Å²) in [7, 11) is -3.62. The quantitative estimate of drug-likeness (QED) is 0.713. The van der Waals surface area contributed by atoms with Crippen LogP contribution < -0.4 is 0 Å². The number of para-hydroxylation sites is 1. The van der Waals surface area contributed by atoms with E-state index >= 15 is 0 Å². The first-order chi connectivity index (χ1) is 13.1. The molecular formula is C17H19N5O4S. The van der Waals surface area contributed by atoms with Gasteiger partial charge in [0, 0.05) is 31.6 Å². The number of amides is 1. The molecule has 0 spiro atoms. The molecule has 3 heterocycles. The number of imidazole rings is 1. The number of aromatic amines is 1. The molecular weight excluding hydrogens is 370 g/mol. The first-order valence-corrected chi connectivity index (χ1v) is 10.1. The molecule has 0 saturated carbocycles. The van der Waals surface area contributed by atoms with Crippen molar-refractivity contribution < 1.29 is 17.7 Å². The molecule has 1 aromatic carbocycles. The van der Waals surface area contributed by atoms with Gasteiger partial charge in [-0.15, -0.1) is 0 Å². The largest absolute Gasteiger partial charge is 0.356 e. The normalized spacial score (nSPS) is 16.5. The number of nitrogens with one attached hydrogen (secondary N) is 1. The van der Waals surface area contributed by atoms with Gasteiger partial charge in [0.2, 0.25) is 5.91 Å². The molecule has 9 nitrogen and oxygen atoms in total. The van der Waals surface area contributed by atoms with E-state index < -0.39 is 10.0 Å². The highest BCUT2D eigenvalue weighted by Gasteiger charge is 2.29. The minimum absolute atomic E-state index is 0.0661. The number of hydrogen-bond donors (Lipinski definition) is 1. The fraction of sp³-hybridized carbons (Fsp3) is 0.353. The summed E-state index contributed by atoms with van der Waals surface area (Å²) in [6.07, 6.45) is 3.32. The molecule has 142 valence electrons. The van der Waals surface area contributed by atoms with Gasteiger partial charge < -0.3 is 14.4 Å². The van der Waals surface area contributed by atoms with Crippen molar-refractivity contribution in [1.82, 2.24) is 24.3 Å². The Morgan fingerprint density at radius 1 is 1.19 bits per heavy atom. The monoisotopic (exact) mass is 389 g/mol. The van der Waals surface area contributed by atoms with Crippen molar-refractivity contribution in [3.63, 3.8) is 0 Å². The highest BCUT2D eigenvalue weighted by atomic mass is 32.2. The molecule has 0 atom stereocenters. The van der Waals surface area contributed by atoms with Gasteiger partial charge in [-0.05, 0) is 18.6 Å². The molecule has 0 radical (unpaired) electrons. The second kappa shape index (κ2) is 7.12. The highest BCUT2D eigenvalue weighted by molar-refractivity contribution is 7.89. The Morgan fingerprint density at radius 3 is 2.85 bits per heavy atom. The lowest BCUT2D eigenvalue weighted by molar-refractivity contribution is -0.130. The second-order valence-electron chi connectivity index (χ2n) is 6.36. The molecule has 27 heavy (non-hydrogen) atoms. The van der Waals surface area contributed by atoms with Crippen LogP contribution in [0.5, 0.6) is 0 Å². The summed E-state index contributed by atoms with van der Waals surface area (Å²) < 4.78 is 31.9. The number of H-pyrrole nitrogens is 1. The van der Waals surface area contributed by atoms with Gasteiger partial charge in [-0.25, -0.2) is 13.4 Å². The fourth-order valence-electron chi connectivity index (χ4n) is 3.23. The molecule has 1 fully saturated rings. The Bertz CT molecular complexity index is 1040. The molecule has 0 aliphatic carbocycles. The predicted molar refractivity (Wildman–Crippen MR) is 96.3 cm³/mol. The fourth-order valence-corrected chi connectivity index (χ4v) is 4.59. The van der Waals surface area contributed by atoms with Crippen molar-refractivity contribution in [3.8, 4) is 0 Å². The first-order valence-electron chi connectivity index (χ1n) is 8.65. The molecule has 1 saturated heterocycles. The van der Waals surface area contributed by atoms with Crippen molar-refractivity contribution >= 4 is 26.9 Å². The zero-order chi connectivity index (χ0) is 18.9. The number of fused-ring (bicyclic) bond motifs is 1. The molecule has 0 unspecified atom stereocenters. The molecule has 1 N–H and O–H groups in total. The number of hydrogen-bond acceptors (Lipinski definition) is 6. The van der Waals surface area contributed by atoms with Crippen LogP contribution in [-0.2, 0) is 21.2 Å². The van der Waals surface area contributed by atoms with E-state index in [0.717, 1.165) is 5.39 Å². The van der Waals surface area contributed by atoms with Gasteiger partial charge in [-0.2, -0.15) is 4.31 Å². The Balaban J connectivity index is 1.44. The summed E-state index contributed by atoms with van der Waals surface area (Å²) in [4.78, 5) is 20.8. The van der Waals surface area contributed by atoms with Gasteiger partial charge in [0.25, 0.3) is 10.0 Å². The van der Waals surface area contributed by atoms with Crippen LogP contribution in [0.4, 0.5) is 0 Å². The Morgan fingerprint density at radius 2 is 2.04 bits per heavy atom. The van der Waals surface area contributed by atoms with E-state index in [1.807, 2.05) is 18.2 Å². The summed E-state index contributed by atoms with van der Waals surface area (Å²) in [6, 6.07) is 7.40. The van der Waals surface area contributed by atoms with E-state index in [2.05, 4.69) is 15.1 Å². The average Bonchev–Trinajstić information content (AvgIpc) is 3.27. The summed E-state index contributed by atoms with van der Waals surface area (Å²) >= 11 is 0. The number of benzene rings is 1. The molecule has 4 rings (SSSR count). The summed E-state index contributed by atoms with van der Waals surface area (Å²) in [5.74, 6) is -0.0881. The van der Waals surface area contributed by atoms with Gasteiger partial charge in [0.05, 0.1) is 18.9 Å². The SMILES string of the molecule is O=C(Cc1noc2ccccc12)N1CCCN(S(=O)(=O)c2cnc[nH]2)CC1. The second-order valence-corrected chi connectivity index (χ2v) is 8.26. The summed E-state index contributed by atoms with van der Waals surface area (Å²) in [6.45, 7) is 1.44. The Labute approximate surface area is 156 Å². The maximum Gasteiger partial charge on any atom is 0.260 e. The van der Waals surface area contributed by atoms with Crippen LogP contribution in [0.2, 0.25) is 0 Å². The standard InChI is InChI=1S/C17H19N5O4S/c23-17(10-14-13-4-1-2-5-15(13)26-20-14)21-6-3-7-22(9-8-21)27(24,25)16-11-18-12-19-16/h1-2,4-5,11-12H,3,6-10H2,(H,18,19). The first kappa shape index (κ1) is 17.7. The minimum atomic E-state index is -3.62. The summed E-state index contributed by atoms with van der Waals surface area (Å²) in [5.41, 5.74) is 1.25. The lowest BCUT2D eigenvalue weighted by Crippen LogP contribution is -2.38. The van der Waals surface area contributed by atoms with Crippen molar-refractivity contribution in [3.05, 3.63) is 42.5 Å². The van der Waals surface area contributed by atoms with Crippen molar-refractivity contribution in [2.75, 3.05) is 26.2 Å². The molecule has 1 amide bonds. The van der Waals surface area contributed by atoms with Crippen LogP contribution >= 0.6 is 0 Å². The maximum absolute atomic E-state index is 12.7. The van der Waals surface area contributed by atoms with Gasteiger partial charge >= 0.3 is 0 Å². The van der Waals surface area contributed by atoms with Crippen molar-refractivity contribution in [2.45, 2.75) is 17.9 Å². The minimum Gasteiger partial charge on any atom is -0.356 e. The van der Waals surface area contributed by atoms with Gasteiger partial charge in [0.1, 0.15) is 5.69 Å². The molecule has 3 aromatic rings. The lowest BCUT2D eigenvalue weighted by atomic mass is 10.1. The topological polar surface area (TPSA) is 112 Å². The van der Waals surface area contributed by atoms with Gasteiger partial charge in [-0.1, -0.05) is 17.3 Å². The molecule has 1 aliphatic heterocycles. The number of carbonyl (C=O) groups is 1. The Kier molecular flexibility index (Phi) is 4.66. The Hall–Kier alpha value is -2.72. The zero-order valence-corrected chi connectivity index (χ0v) is 15.4. The number of sulfonamides is 1. The van der Waals surface area contributed by atoms with Crippen LogP contribution in [0.25, 0.3) is 11.0 Å². The molecule has 0 bridgehead atoms. The van der Waals surface area contributed by atoms with Crippen LogP contribution in [0, 0.1) is 0 Å². The van der Waals surface area contributed by atoms with E-state index in [9.17, 15) is 13.2 Å². The van der Waals surface area contributed by atoms with E-state index in [0.29, 0.717) is 37.3 Å². The average molecular weight is 389 g/mol. The predicted octanol–water partition coefficient (Wildman–Crippen LogP) is 1.02. The number of aromatic nitrogens is 3. The van der Waals surface area contributed by atoms with Crippen molar-refractivity contribution in [1.29, 1.82) is 0 Å². The van der Waals surface area contributed by atoms with Crippen LogP contribution in [0.3, 0.4) is 0 Å². The van der Waals surface area contributed by atoms with E-state index in [1.54, 1.807) is 11.0 Å². The third-order valence-corrected chi connectivity index (χ3v) is 6.49.